The first-order valence-electron chi connectivity index (χ1n) is 7.67. The molecular formula is C16H31I. The molecule has 0 unspecified atom stereocenters. The summed E-state index contributed by atoms with van der Waals surface area (Å²) in [6, 6.07) is 0. The van der Waals surface area contributed by atoms with Crippen molar-refractivity contribution in [2.45, 2.75) is 90.4 Å². The van der Waals surface area contributed by atoms with Gasteiger partial charge in [-0.25, -0.2) is 0 Å². The van der Waals surface area contributed by atoms with Gasteiger partial charge in [-0.15, -0.1) is 0 Å². The third-order valence-electron chi connectivity index (χ3n) is 3.31. The quantitative estimate of drug-likeness (QED) is 0.247. The zero-order valence-electron chi connectivity index (χ0n) is 11.7. The van der Waals surface area contributed by atoms with Crippen LogP contribution in [0.1, 0.15) is 90.4 Å². The van der Waals surface area contributed by atoms with Crippen LogP contribution < -0.4 is 0 Å². The zero-order valence-corrected chi connectivity index (χ0v) is 13.9. The van der Waals surface area contributed by atoms with Crippen molar-refractivity contribution in [3.05, 3.63) is 10.2 Å². The maximum Gasteiger partial charge on any atom is -0.0274 e. The smallest absolute Gasteiger partial charge is 0.0274 e. The van der Waals surface area contributed by atoms with Crippen molar-refractivity contribution in [3.8, 4) is 0 Å². The lowest BCUT2D eigenvalue weighted by Crippen LogP contribution is -1.82. The van der Waals surface area contributed by atoms with Crippen molar-refractivity contribution < 1.29 is 0 Å². The van der Waals surface area contributed by atoms with Crippen molar-refractivity contribution >= 4 is 22.6 Å². The molecular weight excluding hydrogens is 319 g/mol. The van der Waals surface area contributed by atoms with Gasteiger partial charge in [0.25, 0.3) is 0 Å². The molecule has 0 saturated heterocycles. The van der Waals surface area contributed by atoms with Gasteiger partial charge in [-0.1, -0.05) is 106 Å². The lowest BCUT2D eigenvalue weighted by Gasteiger charge is -2.02. The highest BCUT2D eigenvalue weighted by Gasteiger charge is 1.92. The van der Waals surface area contributed by atoms with E-state index in [4.69, 9.17) is 0 Å². The zero-order chi connectivity index (χ0) is 12.6. The van der Waals surface area contributed by atoms with Gasteiger partial charge >= 0.3 is 0 Å². The second-order valence-corrected chi connectivity index (χ2v) is 5.76. The van der Waals surface area contributed by atoms with Gasteiger partial charge in [-0.3, -0.25) is 0 Å². The summed E-state index contributed by atoms with van der Waals surface area (Å²) in [5.74, 6) is 0. The fraction of sp³-hybridized carbons (Fsp3) is 0.875. The van der Waals surface area contributed by atoms with Crippen LogP contribution in [0.5, 0.6) is 0 Å². The molecule has 1 heteroatoms. The van der Waals surface area contributed by atoms with E-state index in [0.717, 1.165) is 0 Å². The molecule has 0 aromatic heterocycles. The molecule has 0 radical (unpaired) electrons. The highest BCUT2D eigenvalue weighted by molar-refractivity contribution is 14.1. The molecule has 0 aromatic carbocycles. The lowest BCUT2D eigenvalue weighted by molar-refractivity contribution is 0.545. The van der Waals surface area contributed by atoms with E-state index in [1.807, 2.05) is 0 Å². The molecule has 0 aliphatic heterocycles. The van der Waals surface area contributed by atoms with E-state index in [9.17, 15) is 0 Å². The Morgan fingerprint density at radius 1 is 0.647 bits per heavy atom. The van der Waals surface area contributed by atoms with Gasteiger partial charge in [-0.05, 0) is 16.9 Å². The summed E-state index contributed by atoms with van der Waals surface area (Å²) >= 11 is 2.30. The van der Waals surface area contributed by atoms with E-state index >= 15 is 0 Å². The van der Waals surface area contributed by atoms with E-state index in [1.165, 1.54) is 83.5 Å². The maximum absolute atomic E-state index is 2.30. The number of hydrogen-bond donors (Lipinski definition) is 0. The second kappa shape index (κ2) is 16.5. The molecule has 0 aromatic rings. The van der Waals surface area contributed by atoms with Crippen molar-refractivity contribution in [1.82, 2.24) is 0 Å². The van der Waals surface area contributed by atoms with E-state index in [2.05, 4.69) is 39.7 Å². The molecule has 17 heavy (non-hydrogen) atoms. The fourth-order valence-electron chi connectivity index (χ4n) is 2.17. The third kappa shape index (κ3) is 16.5. The number of rotatable bonds is 13. The van der Waals surface area contributed by atoms with Gasteiger partial charge in [0, 0.05) is 0 Å². The van der Waals surface area contributed by atoms with Crippen LogP contribution in [0.2, 0.25) is 0 Å². The third-order valence-corrected chi connectivity index (χ3v) is 3.82. The van der Waals surface area contributed by atoms with E-state index < -0.39 is 0 Å². The van der Waals surface area contributed by atoms with Gasteiger partial charge in [0.05, 0.1) is 0 Å². The van der Waals surface area contributed by atoms with Crippen LogP contribution in [0.25, 0.3) is 0 Å². The van der Waals surface area contributed by atoms with Crippen LogP contribution in [0.4, 0.5) is 0 Å². The SMILES string of the molecule is CCCCCCCCCCCCCCC=CI. The van der Waals surface area contributed by atoms with Crippen LogP contribution in [-0.4, -0.2) is 0 Å². The summed E-state index contributed by atoms with van der Waals surface area (Å²) in [5, 5.41) is 0. The van der Waals surface area contributed by atoms with Gasteiger partial charge in [-0.2, -0.15) is 0 Å². The molecule has 0 aliphatic rings. The summed E-state index contributed by atoms with van der Waals surface area (Å²) in [5.41, 5.74) is 0. The van der Waals surface area contributed by atoms with E-state index in [-0.39, 0.29) is 0 Å². The molecule has 0 nitrogen and oxygen atoms in total. The molecule has 0 saturated carbocycles. The number of unbranched alkanes of at least 4 members (excludes halogenated alkanes) is 12. The Bertz CT molecular complexity index is 152. The Labute approximate surface area is 123 Å². The molecule has 0 rings (SSSR count). The number of hydrogen-bond acceptors (Lipinski definition) is 0. The predicted molar refractivity (Wildman–Crippen MR) is 88.9 cm³/mol. The Kier molecular flexibility index (Phi) is 16.9. The molecule has 0 N–H and O–H groups in total. The molecule has 0 spiro atoms. The average molecular weight is 350 g/mol. The minimum Gasteiger partial charge on any atom is -0.0785 e. The second-order valence-electron chi connectivity index (χ2n) is 5.04. The van der Waals surface area contributed by atoms with Crippen molar-refractivity contribution in [2.75, 3.05) is 0 Å². The Morgan fingerprint density at radius 2 is 1.06 bits per heavy atom. The van der Waals surface area contributed by atoms with Gasteiger partial charge in [0.15, 0.2) is 0 Å². The first-order valence-corrected chi connectivity index (χ1v) is 8.91. The van der Waals surface area contributed by atoms with Crippen LogP contribution in [-0.2, 0) is 0 Å². The van der Waals surface area contributed by atoms with Gasteiger partial charge < -0.3 is 0 Å². The summed E-state index contributed by atoms with van der Waals surface area (Å²) in [4.78, 5) is 0. The lowest BCUT2D eigenvalue weighted by atomic mass is 10.0. The summed E-state index contributed by atoms with van der Waals surface area (Å²) in [7, 11) is 0. The first-order chi connectivity index (χ1) is 8.41. The first kappa shape index (κ1) is 17.5. The fourth-order valence-corrected chi connectivity index (χ4v) is 2.53. The minimum atomic E-state index is 1.28. The molecule has 0 bridgehead atoms. The molecule has 0 amide bonds. The highest BCUT2D eigenvalue weighted by Crippen LogP contribution is 2.12. The normalized spacial score (nSPS) is 11.4. The van der Waals surface area contributed by atoms with Crippen molar-refractivity contribution in [1.29, 1.82) is 0 Å². The van der Waals surface area contributed by atoms with Crippen molar-refractivity contribution in [3.63, 3.8) is 0 Å². The summed E-state index contributed by atoms with van der Waals surface area (Å²) in [6.07, 6.45) is 20.9. The van der Waals surface area contributed by atoms with Crippen LogP contribution >= 0.6 is 22.6 Å². The van der Waals surface area contributed by atoms with E-state index in [0.29, 0.717) is 0 Å². The number of halogens is 1. The molecule has 0 atom stereocenters. The maximum atomic E-state index is 2.30. The predicted octanol–water partition coefficient (Wildman–Crippen LogP) is 7.03. The van der Waals surface area contributed by atoms with Crippen LogP contribution in [0.15, 0.2) is 10.2 Å². The van der Waals surface area contributed by atoms with Gasteiger partial charge in [0.2, 0.25) is 0 Å². The van der Waals surface area contributed by atoms with Crippen molar-refractivity contribution in [2.24, 2.45) is 0 Å². The molecule has 0 fully saturated rings. The highest BCUT2D eigenvalue weighted by atomic mass is 127. The molecule has 0 heterocycles. The standard InChI is InChI=1S/C16H31I/c1-2-3-4-5-6-7-8-9-10-11-12-13-14-15-16-17/h15-16H,2-14H2,1H3. The Hall–Kier alpha value is 0.470. The van der Waals surface area contributed by atoms with Crippen LogP contribution in [0, 0.1) is 0 Å². The Morgan fingerprint density at radius 3 is 1.47 bits per heavy atom. The number of allylic oxidation sites excluding steroid dienone is 1. The largest absolute Gasteiger partial charge is 0.0785 e. The minimum absolute atomic E-state index is 1.28. The van der Waals surface area contributed by atoms with Gasteiger partial charge in [0.1, 0.15) is 0 Å². The van der Waals surface area contributed by atoms with E-state index in [1.54, 1.807) is 0 Å². The van der Waals surface area contributed by atoms with Crippen LogP contribution in [0.3, 0.4) is 0 Å². The average Bonchev–Trinajstić information content (AvgIpc) is 2.35. The monoisotopic (exact) mass is 350 g/mol. The Balaban J connectivity index is 2.89. The summed E-state index contributed by atoms with van der Waals surface area (Å²) in [6.45, 7) is 2.29. The molecule has 102 valence electrons. The molecule has 0 aliphatic carbocycles. The topological polar surface area (TPSA) is 0 Å². The summed E-state index contributed by atoms with van der Waals surface area (Å²) < 4.78 is 2.14.